The van der Waals surface area contributed by atoms with E-state index >= 15 is 0 Å². The Kier molecular flexibility index (Phi) is 4.71. The molecule has 1 heterocycles. The standard InChI is InChI=1S/C12H21N3OS/c1-9-7-14-12(17-8-9)13-6-2-3-11(16)15-10-4-5-10/h9-10H,2-8H2,1H3,(H,13,14)(H,15,16). The number of hydrogen-bond acceptors (Lipinski definition) is 4. The average molecular weight is 255 g/mol. The summed E-state index contributed by atoms with van der Waals surface area (Å²) in [6.45, 7) is 3.99. The van der Waals surface area contributed by atoms with E-state index in [0.29, 0.717) is 18.4 Å². The second-order valence-electron chi connectivity index (χ2n) is 4.93. The number of nitrogens with one attached hydrogen (secondary N) is 2. The lowest BCUT2D eigenvalue weighted by molar-refractivity contribution is -0.121. The summed E-state index contributed by atoms with van der Waals surface area (Å²) in [5, 5.41) is 7.34. The third-order valence-corrected chi connectivity index (χ3v) is 4.13. The first-order valence-corrected chi connectivity index (χ1v) is 7.43. The Morgan fingerprint density at radius 2 is 2.35 bits per heavy atom. The number of carbonyl (C=O) groups is 1. The second-order valence-corrected chi connectivity index (χ2v) is 5.94. The van der Waals surface area contributed by atoms with Crippen molar-refractivity contribution in [3.63, 3.8) is 0 Å². The third kappa shape index (κ3) is 4.98. The molecule has 0 saturated heterocycles. The van der Waals surface area contributed by atoms with E-state index in [1.165, 1.54) is 0 Å². The molecule has 4 nitrogen and oxygen atoms in total. The SMILES string of the molecule is CC1CN=C(NCCCC(=O)NC2CC2)SC1. The highest BCUT2D eigenvalue weighted by Gasteiger charge is 2.22. The van der Waals surface area contributed by atoms with Crippen LogP contribution < -0.4 is 10.6 Å². The number of amides is 1. The summed E-state index contributed by atoms with van der Waals surface area (Å²) >= 11 is 1.79. The Balaban J connectivity index is 1.52. The van der Waals surface area contributed by atoms with Crippen LogP contribution in [0.1, 0.15) is 32.6 Å². The molecule has 1 aliphatic heterocycles. The van der Waals surface area contributed by atoms with Gasteiger partial charge in [0.1, 0.15) is 0 Å². The van der Waals surface area contributed by atoms with Crippen LogP contribution in [-0.2, 0) is 4.79 Å². The molecule has 0 aromatic heterocycles. The van der Waals surface area contributed by atoms with E-state index in [1.54, 1.807) is 11.8 Å². The predicted octanol–water partition coefficient (Wildman–Crippen LogP) is 1.37. The van der Waals surface area contributed by atoms with Crippen LogP contribution in [0.5, 0.6) is 0 Å². The summed E-state index contributed by atoms with van der Waals surface area (Å²) < 4.78 is 0. The summed E-state index contributed by atoms with van der Waals surface area (Å²) in [5.74, 6) is 2.03. The van der Waals surface area contributed by atoms with Gasteiger partial charge in [-0.1, -0.05) is 18.7 Å². The minimum atomic E-state index is 0.196. The van der Waals surface area contributed by atoms with E-state index in [1.807, 2.05) is 0 Å². The molecule has 0 aromatic carbocycles. The minimum Gasteiger partial charge on any atom is -0.365 e. The van der Waals surface area contributed by atoms with E-state index in [0.717, 1.165) is 43.3 Å². The van der Waals surface area contributed by atoms with Crippen molar-refractivity contribution >= 4 is 22.8 Å². The van der Waals surface area contributed by atoms with E-state index in [-0.39, 0.29) is 5.91 Å². The van der Waals surface area contributed by atoms with Gasteiger partial charge in [-0.2, -0.15) is 0 Å². The van der Waals surface area contributed by atoms with E-state index < -0.39 is 0 Å². The van der Waals surface area contributed by atoms with Crippen LogP contribution in [0.4, 0.5) is 0 Å². The van der Waals surface area contributed by atoms with Crippen molar-refractivity contribution in [2.75, 3.05) is 18.8 Å². The second kappa shape index (κ2) is 6.28. The molecule has 0 aromatic rings. The number of aliphatic imine (C=N–C) groups is 1. The van der Waals surface area contributed by atoms with Gasteiger partial charge in [0.2, 0.25) is 5.91 Å². The van der Waals surface area contributed by atoms with Crippen LogP contribution in [-0.4, -0.2) is 36.0 Å². The van der Waals surface area contributed by atoms with Gasteiger partial charge in [0.25, 0.3) is 0 Å². The summed E-state index contributed by atoms with van der Waals surface area (Å²) in [5.41, 5.74) is 0. The van der Waals surface area contributed by atoms with Gasteiger partial charge in [0.05, 0.1) is 0 Å². The molecule has 0 radical (unpaired) electrons. The molecular formula is C12H21N3OS. The highest BCUT2D eigenvalue weighted by Crippen LogP contribution is 2.18. The summed E-state index contributed by atoms with van der Waals surface area (Å²) in [7, 11) is 0. The van der Waals surface area contributed by atoms with Crippen LogP contribution in [0.3, 0.4) is 0 Å². The average Bonchev–Trinajstić information content (AvgIpc) is 3.11. The van der Waals surface area contributed by atoms with Crippen molar-refractivity contribution in [2.24, 2.45) is 10.9 Å². The fourth-order valence-corrected chi connectivity index (χ4v) is 2.55. The zero-order valence-corrected chi connectivity index (χ0v) is 11.2. The lowest BCUT2D eigenvalue weighted by Crippen LogP contribution is -2.29. The fraction of sp³-hybridized carbons (Fsp3) is 0.833. The molecule has 1 fully saturated rings. The van der Waals surface area contributed by atoms with Gasteiger partial charge >= 0.3 is 0 Å². The van der Waals surface area contributed by atoms with Crippen molar-refractivity contribution in [3.8, 4) is 0 Å². The van der Waals surface area contributed by atoms with Gasteiger partial charge in [0, 0.05) is 31.3 Å². The smallest absolute Gasteiger partial charge is 0.220 e. The minimum absolute atomic E-state index is 0.196. The molecule has 1 atom stereocenters. The molecular weight excluding hydrogens is 234 g/mol. The summed E-state index contributed by atoms with van der Waals surface area (Å²) in [6, 6.07) is 0.482. The van der Waals surface area contributed by atoms with Crippen LogP contribution in [0.25, 0.3) is 0 Å². The number of nitrogens with zero attached hydrogens (tertiary/aromatic N) is 1. The number of hydrogen-bond donors (Lipinski definition) is 2. The Morgan fingerprint density at radius 1 is 1.53 bits per heavy atom. The lowest BCUT2D eigenvalue weighted by atomic mass is 10.2. The molecule has 0 bridgehead atoms. The first-order chi connectivity index (χ1) is 8.24. The van der Waals surface area contributed by atoms with Crippen molar-refractivity contribution in [1.82, 2.24) is 10.6 Å². The van der Waals surface area contributed by atoms with Gasteiger partial charge in [0.15, 0.2) is 5.17 Å². The highest BCUT2D eigenvalue weighted by molar-refractivity contribution is 8.13. The van der Waals surface area contributed by atoms with Gasteiger partial charge < -0.3 is 10.6 Å². The molecule has 5 heteroatoms. The Hall–Kier alpha value is -0.710. The third-order valence-electron chi connectivity index (χ3n) is 2.85. The molecule has 1 amide bonds. The van der Waals surface area contributed by atoms with Gasteiger partial charge in [-0.05, 0) is 25.2 Å². The van der Waals surface area contributed by atoms with Crippen molar-refractivity contribution < 1.29 is 4.79 Å². The normalized spacial score (nSPS) is 24.1. The van der Waals surface area contributed by atoms with E-state index in [2.05, 4.69) is 22.5 Å². The van der Waals surface area contributed by atoms with Crippen LogP contribution in [0.2, 0.25) is 0 Å². The monoisotopic (exact) mass is 255 g/mol. The Morgan fingerprint density at radius 3 is 3.00 bits per heavy atom. The number of carbonyl (C=O) groups excluding carboxylic acids is 1. The molecule has 2 rings (SSSR count). The van der Waals surface area contributed by atoms with Crippen LogP contribution in [0, 0.1) is 5.92 Å². The van der Waals surface area contributed by atoms with Crippen molar-refractivity contribution in [3.05, 3.63) is 0 Å². The quantitative estimate of drug-likeness (QED) is 0.730. The molecule has 1 saturated carbocycles. The van der Waals surface area contributed by atoms with Gasteiger partial charge in [-0.3, -0.25) is 9.79 Å². The van der Waals surface area contributed by atoms with Gasteiger partial charge in [-0.15, -0.1) is 0 Å². The number of thioether (sulfide) groups is 1. The zero-order valence-electron chi connectivity index (χ0n) is 10.4. The van der Waals surface area contributed by atoms with Gasteiger partial charge in [-0.25, -0.2) is 0 Å². The molecule has 0 spiro atoms. The number of amidine groups is 1. The first-order valence-electron chi connectivity index (χ1n) is 6.44. The molecule has 96 valence electrons. The van der Waals surface area contributed by atoms with Crippen molar-refractivity contribution in [1.29, 1.82) is 0 Å². The zero-order chi connectivity index (χ0) is 12.1. The first kappa shape index (κ1) is 12.7. The van der Waals surface area contributed by atoms with Crippen molar-refractivity contribution in [2.45, 2.75) is 38.6 Å². The lowest BCUT2D eigenvalue weighted by Gasteiger charge is -2.17. The summed E-state index contributed by atoms with van der Waals surface area (Å²) in [4.78, 5) is 15.9. The van der Waals surface area contributed by atoms with Crippen LogP contribution in [0.15, 0.2) is 4.99 Å². The number of rotatable bonds is 5. The Labute approximate surface area is 107 Å². The maximum Gasteiger partial charge on any atom is 0.220 e. The molecule has 1 aliphatic carbocycles. The fourth-order valence-electron chi connectivity index (χ4n) is 1.64. The van der Waals surface area contributed by atoms with E-state index in [4.69, 9.17) is 0 Å². The van der Waals surface area contributed by atoms with E-state index in [9.17, 15) is 4.79 Å². The topological polar surface area (TPSA) is 53.5 Å². The Bertz CT molecular complexity index is 302. The predicted molar refractivity (Wildman–Crippen MR) is 72.3 cm³/mol. The summed E-state index contributed by atoms with van der Waals surface area (Å²) in [6.07, 6.45) is 3.83. The molecule has 1 unspecified atom stereocenters. The maximum absolute atomic E-state index is 11.4. The largest absolute Gasteiger partial charge is 0.365 e. The van der Waals surface area contributed by atoms with Crippen LogP contribution >= 0.6 is 11.8 Å². The molecule has 2 N–H and O–H groups in total. The maximum atomic E-state index is 11.4. The molecule has 17 heavy (non-hydrogen) atoms. The highest BCUT2D eigenvalue weighted by atomic mass is 32.2. The molecule has 2 aliphatic rings.